The summed E-state index contributed by atoms with van der Waals surface area (Å²) in [6, 6.07) is 8.98. The number of hydrogen-bond donors (Lipinski definition) is 1. The highest BCUT2D eigenvalue weighted by atomic mass is 16.5. The molecule has 0 fully saturated rings. The molecule has 0 atom stereocenters. The zero-order chi connectivity index (χ0) is 16.8. The number of rotatable bonds is 6. The van der Waals surface area contributed by atoms with E-state index in [0.717, 1.165) is 11.1 Å². The number of methoxy groups -OCH3 is 1. The molecule has 1 N–H and O–H groups in total. The van der Waals surface area contributed by atoms with Crippen molar-refractivity contribution >= 4 is 22.7 Å². The van der Waals surface area contributed by atoms with Gasteiger partial charge in [-0.25, -0.2) is 4.98 Å². The zero-order valence-corrected chi connectivity index (χ0v) is 13.6. The molecule has 1 aromatic heterocycles. The molecular weight excluding hydrogens is 294 g/mol. The van der Waals surface area contributed by atoms with Gasteiger partial charge in [0.2, 0.25) is 5.91 Å². The number of likely N-dealkylation sites (N-methyl/N-ethyl adjacent to an activating group) is 2. The van der Waals surface area contributed by atoms with Crippen molar-refractivity contribution in [1.82, 2.24) is 15.2 Å². The van der Waals surface area contributed by atoms with Crippen LogP contribution in [-0.2, 0) is 4.79 Å². The second kappa shape index (κ2) is 7.58. The molecule has 0 spiro atoms. The van der Waals surface area contributed by atoms with Crippen molar-refractivity contribution < 1.29 is 14.3 Å². The maximum atomic E-state index is 12.5. The fraction of sp³-hybridized carbons (Fsp3) is 0.353. The third-order valence-electron chi connectivity index (χ3n) is 3.49. The van der Waals surface area contributed by atoms with Gasteiger partial charge >= 0.3 is 0 Å². The molecule has 6 heteroatoms. The highest BCUT2D eigenvalue weighted by Gasteiger charge is 2.18. The van der Waals surface area contributed by atoms with Crippen LogP contribution in [0.1, 0.15) is 24.3 Å². The SMILES string of the molecule is CCNC(=O)CN(CC)C(=O)c1ccc2cc(OC)ccc2n1. The van der Waals surface area contributed by atoms with Gasteiger partial charge in [0.15, 0.2) is 0 Å². The van der Waals surface area contributed by atoms with E-state index in [2.05, 4.69) is 10.3 Å². The minimum atomic E-state index is -0.253. The first-order valence-corrected chi connectivity index (χ1v) is 7.59. The summed E-state index contributed by atoms with van der Waals surface area (Å²) in [6.45, 7) is 4.70. The number of benzene rings is 1. The number of nitrogens with one attached hydrogen (secondary N) is 1. The average molecular weight is 315 g/mol. The predicted octanol–water partition coefficient (Wildman–Crippen LogP) is 1.84. The van der Waals surface area contributed by atoms with E-state index in [4.69, 9.17) is 4.74 Å². The van der Waals surface area contributed by atoms with Crippen LogP contribution in [-0.4, -0.2) is 48.4 Å². The molecule has 0 saturated heterocycles. The van der Waals surface area contributed by atoms with E-state index >= 15 is 0 Å². The van der Waals surface area contributed by atoms with E-state index in [1.165, 1.54) is 4.90 Å². The van der Waals surface area contributed by atoms with Gasteiger partial charge in [-0.3, -0.25) is 9.59 Å². The van der Waals surface area contributed by atoms with E-state index in [1.807, 2.05) is 32.0 Å². The fourth-order valence-corrected chi connectivity index (χ4v) is 2.27. The lowest BCUT2D eigenvalue weighted by molar-refractivity contribution is -0.121. The van der Waals surface area contributed by atoms with Crippen LogP contribution in [0, 0.1) is 0 Å². The summed E-state index contributed by atoms with van der Waals surface area (Å²) in [5, 5.41) is 3.59. The van der Waals surface area contributed by atoms with Gasteiger partial charge in [-0.1, -0.05) is 6.07 Å². The van der Waals surface area contributed by atoms with Gasteiger partial charge < -0.3 is 15.0 Å². The molecular formula is C17H21N3O3. The van der Waals surface area contributed by atoms with Crippen LogP contribution >= 0.6 is 0 Å². The number of nitrogens with zero attached hydrogens (tertiary/aromatic N) is 2. The second-order valence-corrected chi connectivity index (χ2v) is 5.03. The van der Waals surface area contributed by atoms with Crippen molar-refractivity contribution in [2.45, 2.75) is 13.8 Å². The molecule has 1 heterocycles. The number of carbonyl (C=O) groups excluding carboxylic acids is 2. The van der Waals surface area contributed by atoms with Gasteiger partial charge in [-0.2, -0.15) is 0 Å². The topological polar surface area (TPSA) is 71.5 Å². The molecule has 122 valence electrons. The molecule has 1 aromatic carbocycles. The largest absolute Gasteiger partial charge is 0.497 e. The quantitative estimate of drug-likeness (QED) is 0.883. The lowest BCUT2D eigenvalue weighted by Gasteiger charge is -2.19. The summed E-state index contributed by atoms with van der Waals surface area (Å²) in [4.78, 5) is 30.1. The summed E-state index contributed by atoms with van der Waals surface area (Å²) in [7, 11) is 1.60. The van der Waals surface area contributed by atoms with Crippen molar-refractivity contribution in [3.8, 4) is 5.75 Å². The second-order valence-electron chi connectivity index (χ2n) is 5.03. The number of amides is 2. The third-order valence-corrected chi connectivity index (χ3v) is 3.49. The Hall–Kier alpha value is -2.63. The molecule has 0 bridgehead atoms. The molecule has 0 unspecified atom stereocenters. The number of pyridine rings is 1. The molecule has 6 nitrogen and oxygen atoms in total. The summed E-state index contributed by atoms with van der Waals surface area (Å²) >= 11 is 0. The van der Waals surface area contributed by atoms with Crippen LogP contribution in [0.3, 0.4) is 0 Å². The average Bonchev–Trinajstić information content (AvgIpc) is 2.58. The van der Waals surface area contributed by atoms with Gasteiger partial charge in [-0.15, -0.1) is 0 Å². The summed E-state index contributed by atoms with van der Waals surface area (Å²) in [5.74, 6) is 0.314. The Morgan fingerprint density at radius 3 is 2.65 bits per heavy atom. The normalized spacial score (nSPS) is 10.4. The standard InChI is InChI=1S/C17H21N3O3/c1-4-18-16(21)11-20(5-2)17(22)15-8-6-12-10-13(23-3)7-9-14(12)19-15/h6-10H,4-5,11H2,1-3H3,(H,18,21). The van der Waals surface area contributed by atoms with E-state index in [-0.39, 0.29) is 18.4 Å². The van der Waals surface area contributed by atoms with Gasteiger partial charge in [0.1, 0.15) is 11.4 Å². The van der Waals surface area contributed by atoms with Crippen LogP contribution in [0.15, 0.2) is 30.3 Å². The summed E-state index contributed by atoms with van der Waals surface area (Å²) in [5.41, 5.74) is 1.04. The van der Waals surface area contributed by atoms with Crippen molar-refractivity contribution in [3.63, 3.8) is 0 Å². The van der Waals surface area contributed by atoms with Crippen molar-refractivity contribution in [3.05, 3.63) is 36.0 Å². The number of carbonyl (C=O) groups is 2. The van der Waals surface area contributed by atoms with E-state index in [1.54, 1.807) is 19.2 Å². The maximum absolute atomic E-state index is 12.5. The molecule has 0 aliphatic rings. The Bertz CT molecular complexity index is 715. The first-order chi connectivity index (χ1) is 11.1. The Balaban J connectivity index is 2.23. The van der Waals surface area contributed by atoms with Crippen LogP contribution in [0.5, 0.6) is 5.75 Å². The smallest absolute Gasteiger partial charge is 0.272 e. The van der Waals surface area contributed by atoms with Crippen LogP contribution in [0.2, 0.25) is 0 Å². The Labute approximate surface area is 135 Å². The molecule has 0 saturated carbocycles. The van der Waals surface area contributed by atoms with Crippen molar-refractivity contribution in [1.29, 1.82) is 0 Å². The van der Waals surface area contributed by atoms with Crippen LogP contribution < -0.4 is 10.1 Å². The number of aromatic nitrogens is 1. The lowest BCUT2D eigenvalue weighted by atomic mass is 10.2. The number of hydrogen-bond acceptors (Lipinski definition) is 4. The molecule has 0 aliphatic heterocycles. The number of ether oxygens (including phenoxy) is 1. The zero-order valence-electron chi connectivity index (χ0n) is 13.6. The first kappa shape index (κ1) is 16.7. The third kappa shape index (κ3) is 3.97. The molecule has 0 radical (unpaired) electrons. The monoisotopic (exact) mass is 315 g/mol. The molecule has 2 amide bonds. The summed E-state index contributed by atoms with van der Waals surface area (Å²) < 4.78 is 5.17. The van der Waals surface area contributed by atoms with E-state index < -0.39 is 0 Å². The van der Waals surface area contributed by atoms with Crippen LogP contribution in [0.25, 0.3) is 10.9 Å². The number of fused-ring (bicyclic) bond motifs is 1. The van der Waals surface area contributed by atoms with Gasteiger partial charge in [0.05, 0.1) is 19.2 Å². The van der Waals surface area contributed by atoms with Gasteiger partial charge in [-0.05, 0) is 38.1 Å². The highest BCUT2D eigenvalue weighted by Crippen LogP contribution is 2.20. The van der Waals surface area contributed by atoms with E-state index in [0.29, 0.717) is 24.3 Å². The predicted molar refractivity (Wildman–Crippen MR) is 88.6 cm³/mol. The lowest BCUT2D eigenvalue weighted by Crippen LogP contribution is -2.40. The Morgan fingerprint density at radius 1 is 1.22 bits per heavy atom. The molecule has 2 rings (SSSR count). The molecule has 23 heavy (non-hydrogen) atoms. The molecule has 0 aliphatic carbocycles. The summed E-state index contributed by atoms with van der Waals surface area (Å²) in [6.07, 6.45) is 0. The highest BCUT2D eigenvalue weighted by molar-refractivity contribution is 5.97. The maximum Gasteiger partial charge on any atom is 0.272 e. The fourth-order valence-electron chi connectivity index (χ4n) is 2.27. The van der Waals surface area contributed by atoms with Gasteiger partial charge in [0, 0.05) is 18.5 Å². The Morgan fingerprint density at radius 2 is 2.00 bits per heavy atom. The minimum Gasteiger partial charge on any atom is -0.497 e. The van der Waals surface area contributed by atoms with Gasteiger partial charge in [0.25, 0.3) is 5.91 Å². The van der Waals surface area contributed by atoms with E-state index in [9.17, 15) is 9.59 Å². The van der Waals surface area contributed by atoms with Crippen molar-refractivity contribution in [2.75, 3.05) is 26.7 Å². The van der Waals surface area contributed by atoms with Crippen molar-refractivity contribution in [2.24, 2.45) is 0 Å². The minimum absolute atomic E-state index is 0.0332. The Kier molecular flexibility index (Phi) is 5.51. The first-order valence-electron chi connectivity index (χ1n) is 7.59. The van der Waals surface area contributed by atoms with Crippen LogP contribution in [0.4, 0.5) is 0 Å². The molecule has 2 aromatic rings.